The summed E-state index contributed by atoms with van der Waals surface area (Å²) in [6.45, 7) is -1.74. The number of aromatic nitrogens is 4. The Bertz CT molecular complexity index is 1550. The Morgan fingerprint density at radius 2 is 1.80 bits per heavy atom. The van der Waals surface area contributed by atoms with E-state index in [4.69, 9.17) is 14.2 Å². The summed E-state index contributed by atoms with van der Waals surface area (Å²) in [4.78, 5) is 13.6. The molecular formula is C29H27F3N4O4. The first-order valence-corrected chi connectivity index (χ1v) is 13.4. The molecule has 1 N–H and O–H groups in total. The van der Waals surface area contributed by atoms with Crippen molar-refractivity contribution in [1.82, 2.24) is 19.4 Å². The summed E-state index contributed by atoms with van der Waals surface area (Å²) in [7, 11) is 0. The van der Waals surface area contributed by atoms with E-state index in [9.17, 15) is 13.9 Å². The van der Waals surface area contributed by atoms with Crippen LogP contribution in [0.25, 0.3) is 16.8 Å². The maximum atomic E-state index is 15.3. The van der Waals surface area contributed by atoms with Crippen molar-refractivity contribution in [2.45, 2.75) is 62.4 Å². The molecule has 4 aromatic rings. The van der Waals surface area contributed by atoms with E-state index in [2.05, 4.69) is 15.0 Å². The molecule has 1 saturated carbocycles. The molecule has 40 heavy (non-hydrogen) atoms. The summed E-state index contributed by atoms with van der Waals surface area (Å²) in [5, 5.41) is 10.8. The number of ether oxygens (including phenoxy) is 3. The molecule has 11 heteroatoms. The lowest BCUT2D eigenvalue weighted by Crippen LogP contribution is -2.34. The third kappa shape index (κ3) is 4.32. The highest BCUT2D eigenvalue weighted by Gasteiger charge is 2.41. The van der Waals surface area contributed by atoms with Gasteiger partial charge in [-0.15, -0.1) is 0 Å². The Morgan fingerprint density at radius 1 is 1.07 bits per heavy atom. The number of pyridine rings is 1. The standard InChI is InChI=1S/C29H27F3N4O4/c30-21-12-24-35-25-22(37)11-19(18-3-1-2-4-23(18)40-28(31)32)26(25)36(24)15-20(21)17-13-33-27(34-14-17)16-5-7-29(8-6-16)38-9-10-39-29/h1-4,12-16,19,22,28,37H,5-11H2/t19-,22-/m1/s1. The number of aliphatic hydroxyl groups is 1. The SMILES string of the molecule is O[C@@H]1C[C@H](c2ccccc2OC(F)F)c2c1nc1cc(F)c(-c3cnc(C4CCC5(CC4)OCCO5)nc3)cn21. The quantitative estimate of drug-likeness (QED) is 0.350. The van der Waals surface area contributed by atoms with Crippen LogP contribution in [0.4, 0.5) is 13.2 Å². The van der Waals surface area contributed by atoms with E-state index in [1.807, 2.05) is 0 Å². The monoisotopic (exact) mass is 552 g/mol. The van der Waals surface area contributed by atoms with Crippen LogP contribution in [-0.4, -0.2) is 50.1 Å². The molecule has 0 amide bonds. The fraction of sp³-hybridized carbons (Fsp3) is 0.414. The van der Waals surface area contributed by atoms with Gasteiger partial charge in [0, 0.05) is 66.0 Å². The highest BCUT2D eigenvalue weighted by atomic mass is 19.3. The third-order valence-corrected chi connectivity index (χ3v) is 8.30. The van der Waals surface area contributed by atoms with Gasteiger partial charge in [-0.3, -0.25) is 0 Å². The average Bonchev–Trinajstić information content (AvgIpc) is 3.64. The smallest absolute Gasteiger partial charge is 0.387 e. The molecule has 0 bridgehead atoms. The maximum Gasteiger partial charge on any atom is 0.387 e. The van der Waals surface area contributed by atoms with Crippen molar-refractivity contribution in [3.05, 3.63) is 77.5 Å². The lowest BCUT2D eigenvalue weighted by molar-refractivity contribution is -0.179. The van der Waals surface area contributed by atoms with Gasteiger partial charge in [-0.25, -0.2) is 19.3 Å². The molecule has 1 saturated heterocycles. The molecule has 0 unspecified atom stereocenters. The predicted molar refractivity (Wildman–Crippen MR) is 137 cm³/mol. The highest BCUT2D eigenvalue weighted by molar-refractivity contribution is 5.65. The second kappa shape index (κ2) is 9.83. The van der Waals surface area contributed by atoms with Crippen LogP contribution in [-0.2, 0) is 9.47 Å². The number of hydrogen-bond donors (Lipinski definition) is 1. The topological polar surface area (TPSA) is 91.0 Å². The minimum absolute atomic E-state index is 0.0310. The lowest BCUT2D eigenvalue weighted by Gasteiger charge is -2.34. The second-order valence-corrected chi connectivity index (χ2v) is 10.6. The van der Waals surface area contributed by atoms with Crippen molar-refractivity contribution >= 4 is 5.65 Å². The molecule has 8 nitrogen and oxygen atoms in total. The first-order chi connectivity index (χ1) is 19.4. The van der Waals surface area contributed by atoms with Gasteiger partial charge < -0.3 is 23.7 Å². The molecule has 3 aliphatic rings. The van der Waals surface area contributed by atoms with Crippen molar-refractivity contribution in [3.63, 3.8) is 0 Å². The Morgan fingerprint density at radius 3 is 2.52 bits per heavy atom. The van der Waals surface area contributed by atoms with E-state index in [0.717, 1.165) is 25.7 Å². The Hall–Kier alpha value is -3.54. The molecule has 3 aromatic heterocycles. The summed E-state index contributed by atoms with van der Waals surface area (Å²) in [5.41, 5.74) is 2.59. The number of aliphatic hydroxyl groups excluding tert-OH is 1. The van der Waals surface area contributed by atoms with E-state index in [-0.39, 0.29) is 23.7 Å². The first-order valence-electron chi connectivity index (χ1n) is 13.4. The van der Waals surface area contributed by atoms with E-state index in [1.165, 1.54) is 12.1 Å². The van der Waals surface area contributed by atoms with Crippen molar-refractivity contribution < 1.29 is 32.5 Å². The number of para-hydroxylation sites is 1. The molecule has 2 atom stereocenters. The van der Waals surface area contributed by atoms with Gasteiger partial charge in [0.2, 0.25) is 0 Å². The second-order valence-electron chi connectivity index (χ2n) is 10.6. The van der Waals surface area contributed by atoms with Gasteiger partial charge in [0.05, 0.1) is 30.7 Å². The molecule has 7 rings (SSSR count). The van der Waals surface area contributed by atoms with Gasteiger partial charge in [0.1, 0.15) is 23.0 Å². The minimum Gasteiger partial charge on any atom is -0.435 e. The number of hydrogen-bond acceptors (Lipinski definition) is 7. The number of fused-ring (bicyclic) bond motifs is 3. The van der Waals surface area contributed by atoms with Crippen LogP contribution in [0.5, 0.6) is 5.75 Å². The molecule has 1 aliphatic heterocycles. The van der Waals surface area contributed by atoms with Gasteiger partial charge in [0.25, 0.3) is 0 Å². The fourth-order valence-corrected chi connectivity index (χ4v) is 6.39. The summed E-state index contributed by atoms with van der Waals surface area (Å²) in [6.07, 6.45) is 7.44. The number of nitrogens with zero attached hydrogens (tertiary/aromatic N) is 4. The van der Waals surface area contributed by atoms with Crippen LogP contribution in [0.1, 0.15) is 72.8 Å². The highest BCUT2D eigenvalue weighted by Crippen LogP contribution is 2.47. The van der Waals surface area contributed by atoms with Gasteiger partial charge in [-0.05, 0) is 25.3 Å². The van der Waals surface area contributed by atoms with Gasteiger partial charge in [-0.2, -0.15) is 8.78 Å². The molecule has 4 heterocycles. The van der Waals surface area contributed by atoms with E-state index in [0.29, 0.717) is 47.2 Å². The van der Waals surface area contributed by atoms with E-state index >= 15 is 4.39 Å². The Balaban J connectivity index is 1.21. The van der Waals surface area contributed by atoms with E-state index < -0.39 is 30.2 Å². The zero-order valence-electron chi connectivity index (χ0n) is 21.5. The van der Waals surface area contributed by atoms with Crippen LogP contribution in [0.15, 0.2) is 48.9 Å². The van der Waals surface area contributed by atoms with Gasteiger partial charge in [-0.1, -0.05) is 18.2 Å². The largest absolute Gasteiger partial charge is 0.435 e. The van der Waals surface area contributed by atoms with Crippen LogP contribution in [0.2, 0.25) is 0 Å². The van der Waals surface area contributed by atoms with Crippen LogP contribution < -0.4 is 4.74 Å². The molecular weight excluding hydrogens is 525 g/mol. The molecule has 0 radical (unpaired) electrons. The summed E-state index contributed by atoms with van der Waals surface area (Å²) in [5.74, 6) is -0.528. The predicted octanol–water partition coefficient (Wildman–Crippen LogP) is 5.50. The van der Waals surface area contributed by atoms with E-state index in [1.54, 1.807) is 41.2 Å². The number of benzene rings is 1. The van der Waals surface area contributed by atoms with Crippen LogP contribution >= 0.6 is 0 Å². The van der Waals surface area contributed by atoms with Crippen LogP contribution in [0, 0.1) is 5.82 Å². The van der Waals surface area contributed by atoms with Gasteiger partial charge in [0.15, 0.2) is 5.79 Å². The van der Waals surface area contributed by atoms with Crippen molar-refractivity contribution in [3.8, 4) is 16.9 Å². The third-order valence-electron chi connectivity index (χ3n) is 8.30. The fourth-order valence-electron chi connectivity index (χ4n) is 6.39. The summed E-state index contributed by atoms with van der Waals surface area (Å²) in [6, 6.07) is 7.80. The normalized spacial score (nSPS) is 22.4. The molecule has 2 fully saturated rings. The lowest BCUT2D eigenvalue weighted by atomic mass is 9.84. The Labute approximate surface area is 227 Å². The summed E-state index contributed by atoms with van der Waals surface area (Å²) < 4.78 is 59.6. The molecule has 208 valence electrons. The molecule has 1 spiro atoms. The van der Waals surface area contributed by atoms with Crippen molar-refractivity contribution in [2.75, 3.05) is 13.2 Å². The number of imidazole rings is 1. The molecule has 2 aliphatic carbocycles. The summed E-state index contributed by atoms with van der Waals surface area (Å²) >= 11 is 0. The maximum absolute atomic E-state index is 15.3. The van der Waals surface area contributed by atoms with Gasteiger partial charge >= 0.3 is 6.61 Å². The number of alkyl halides is 2. The average molecular weight is 553 g/mol. The number of rotatable bonds is 5. The zero-order chi connectivity index (χ0) is 27.4. The Kier molecular flexibility index (Phi) is 6.25. The molecule has 1 aromatic carbocycles. The first kappa shape index (κ1) is 25.4. The minimum atomic E-state index is -2.99. The van der Waals surface area contributed by atoms with Crippen molar-refractivity contribution in [2.24, 2.45) is 0 Å². The van der Waals surface area contributed by atoms with Crippen molar-refractivity contribution in [1.29, 1.82) is 0 Å². The number of halogens is 3. The zero-order valence-corrected chi connectivity index (χ0v) is 21.5. The van der Waals surface area contributed by atoms with Crippen LogP contribution in [0.3, 0.4) is 0 Å².